The maximum absolute atomic E-state index is 13.3. The van der Waals surface area contributed by atoms with Crippen molar-refractivity contribution in [3.05, 3.63) is 46.0 Å². The van der Waals surface area contributed by atoms with Gasteiger partial charge in [-0.25, -0.2) is 4.39 Å². The molecule has 22 heavy (non-hydrogen) atoms. The minimum atomic E-state index is -0.542. The zero-order valence-corrected chi connectivity index (χ0v) is 12.2. The number of nitrogens with one attached hydrogen (secondary N) is 1. The molecule has 1 atom stereocenters. The number of amides is 1. The third-order valence-electron chi connectivity index (χ3n) is 4.01. The SMILES string of the molecule is CN(CC(O)C1CC1)C(=O)c1cc(=O)[nH]c2cc(F)ccc12. The van der Waals surface area contributed by atoms with E-state index < -0.39 is 17.5 Å². The number of hydrogen-bond donors (Lipinski definition) is 2. The lowest BCUT2D eigenvalue weighted by Gasteiger charge is -2.21. The van der Waals surface area contributed by atoms with E-state index in [0.29, 0.717) is 5.39 Å². The predicted molar refractivity (Wildman–Crippen MR) is 80.2 cm³/mol. The van der Waals surface area contributed by atoms with Crippen LogP contribution in [0.15, 0.2) is 29.1 Å². The van der Waals surface area contributed by atoms with Crippen LogP contribution < -0.4 is 5.56 Å². The number of likely N-dealkylation sites (N-methyl/N-ethyl adjacent to an activating group) is 1. The zero-order chi connectivity index (χ0) is 15.9. The van der Waals surface area contributed by atoms with E-state index in [0.717, 1.165) is 12.8 Å². The fourth-order valence-electron chi connectivity index (χ4n) is 2.61. The van der Waals surface area contributed by atoms with E-state index in [1.807, 2.05) is 0 Å². The summed E-state index contributed by atoms with van der Waals surface area (Å²) in [7, 11) is 1.59. The van der Waals surface area contributed by atoms with Crippen LogP contribution in [0.1, 0.15) is 23.2 Å². The van der Waals surface area contributed by atoms with Crippen molar-refractivity contribution in [3.63, 3.8) is 0 Å². The Morgan fingerprint density at radius 2 is 2.18 bits per heavy atom. The number of benzene rings is 1. The molecule has 0 spiro atoms. The second kappa shape index (κ2) is 5.53. The summed E-state index contributed by atoms with van der Waals surface area (Å²) in [5.41, 5.74) is 0.0360. The average molecular weight is 304 g/mol. The normalized spacial score (nSPS) is 15.8. The molecule has 6 heteroatoms. The minimum absolute atomic E-state index is 0.212. The van der Waals surface area contributed by atoms with Crippen LogP contribution in [-0.4, -0.2) is 40.6 Å². The van der Waals surface area contributed by atoms with Gasteiger partial charge in [-0.3, -0.25) is 9.59 Å². The van der Waals surface area contributed by atoms with Crippen molar-refractivity contribution in [2.24, 2.45) is 5.92 Å². The Kier molecular flexibility index (Phi) is 3.70. The van der Waals surface area contributed by atoms with Crippen molar-refractivity contribution in [1.82, 2.24) is 9.88 Å². The van der Waals surface area contributed by atoms with Crippen LogP contribution in [0.25, 0.3) is 10.9 Å². The Balaban J connectivity index is 1.94. The van der Waals surface area contributed by atoms with Gasteiger partial charge in [-0.15, -0.1) is 0 Å². The molecule has 0 aliphatic heterocycles. The van der Waals surface area contributed by atoms with E-state index in [-0.39, 0.29) is 29.4 Å². The number of nitrogens with zero attached hydrogens (tertiary/aromatic N) is 1. The first kappa shape index (κ1) is 14.7. The van der Waals surface area contributed by atoms with Gasteiger partial charge in [0, 0.05) is 25.0 Å². The van der Waals surface area contributed by atoms with Gasteiger partial charge in [0.2, 0.25) is 5.56 Å². The molecule has 2 aromatic rings. The highest BCUT2D eigenvalue weighted by Gasteiger charge is 2.31. The van der Waals surface area contributed by atoms with Crippen molar-refractivity contribution in [3.8, 4) is 0 Å². The van der Waals surface area contributed by atoms with Gasteiger partial charge in [-0.05, 0) is 37.0 Å². The molecule has 1 saturated carbocycles. The molecular weight excluding hydrogens is 287 g/mol. The van der Waals surface area contributed by atoms with Crippen molar-refractivity contribution >= 4 is 16.8 Å². The lowest BCUT2D eigenvalue weighted by atomic mass is 10.1. The summed E-state index contributed by atoms with van der Waals surface area (Å²) in [6, 6.07) is 5.12. The molecular formula is C16H17FN2O3. The van der Waals surface area contributed by atoms with Crippen molar-refractivity contribution in [2.45, 2.75) is 18.9 Å². The second-order valence-electron chi connectivity index (χ2n) is 5.83. The molecule has 5 nitrogen and oxygen atoms in total. The highest BCUT2D eigenvalue weighted by atomic mass is 19.1. The van der Waals surface area contributed by atoms with E-state index in [1.165, 1.54) is 29.2 Å². The maximum Gasteiger partial charge on any atom is 0.254 e. The number of pyridine rings is 1. The number of rotatable bonds is 4. The van der Waals surface area contributed by atoms with Gasteiger partial charge in [0.15, 0.2) is 0 Å². The summed E-state index contributed by atoms with van der Waals surface area (Å²) in [6.07, 6.45) is 1.42. The third-order valence-corrected chi connectivity index (χ3v) is 4.01. The summed E-state index contributed by atoms with van der Waals surface area (Å²) in [4.78, 5) is 28.1. The molecule has 0 saturated heterocycles. The van der Waals surface area contributed by atoms with E-state index in [2.05, 4.69) is 4.98 Å². The number of aliphatic hydroxyl groups excluding tert-OH is 1. The standard InChI is InChI=1S/C16H17FN2O3/c1-19(8-14(20)9-2-3-9)16(22)12-7-15(21)18-13-6-10(17)4-5-11(12)13/h4-7,9,14,20H,2-3,8H2,1H3,(H,18,21). The Morgan fingerprint density at radius 3 is 2.86 bits per heavy atom. The van der Waals surface area contributed by atoms with Crippen LogP contribution in [0, 0.1) is 11.7 Å². The monoisotopic (exact) mass is 304 g/mol. The van der Waals surface area contributed by atoms with Crippen molar-refractivity contribution in [2.75, 3.05) is 13.6 Å². The van der Waals surface area contributed by atoms with Gasteiger partial charge in [-0.1, -0.05) is 0 Å². The number of carbonyl (C=O) groups excluding carboxylic acids is 1. The quantitative estimate of drug-likeness (QED) is 0.899. The molecule has 0 radical (unpaired) electrons. The number of aliphatic hydroxyl groups is 1. The van der Waals surface area contributed by atoms with Gasteiger partial charge in [0.05, 0.1) is 17.2 Å². The first-order chi connectivity index (χ1) is 10.5. The number of fused-ring (bicyclic) bond motifs is 1. The summed E-state index contributed by atoms with van der Waals surface area (Å²) in [5.74, 6) is -0.576. The lowest BCUT2D eigenvalue weighted by Crippen LogP contribution is -2.35. The number of aromatic amines is 1. The fraction of sp³-hybridized carbons (Fsp3) is 0.375. The molecule has 1 aliphatic carbocycles. The average Bonchev–Trinajstić information content (AvgIpc) is 3.29. The Morgan fingerprint density at radius 1 is 1.45 bits per heavy atom. The number of halogens is 1. The van der Waals surface area contributed by atoms with Crippen LogP contribution >= 0.6 is 0 Å². The number of aromatic nitrogens is 1. The first-order valence-electron chi connectivity index (χ1n) is 7.22. The van der Waals surface area contributed by atoms with Gasteiger partial charge in [-0.2, -0.15) is 0 Å². The molecule has 1 aromatic carbocycles. The second-order valence-corrected chi connectivity index (χ2v) is 5.83. The van der Waals surface area contributed by atoms with E-state index >= 15 is 0 Å². The molecule has 1 aliphatic rings. The van der Waals surface area contributed by atoms with Crippen LogP contribution in [0.3, 0.4) is 0 Å². The van der Waals surface area contributed by atoms with E-state index in [9.17, 15) is 19.1 Å². The molecule has 2 N–H and O–H groups in total. The van der Waals surface area contributed by atoms with Crippen LogP contribution in [-0.2, 0) is 0 Å². The molecule has 1 aromatic heterocycles. The Hall–Kier alpha value is -2.21. The molecule has 1 unspecified atom stereocenters. The molecule has 1 amide bonds. The number of hydrogen-bond acceptors (Lipinski definition) is 3. The minimum Gasteiger partial charge on any atom is -0.391 e. The fourth-order valence-corrected chi connectivity index (χ4v) is 2.61. The Labute approximate surface area is 126 Å². The predicted octanol–water partition coefficient (Wildman–Crippen LogP) is 1.51. The maximum atomic E-state index is 13.3. The summed E-state index contributed by atoms with van der Waals surface area (Å²) in [5, 5.41) is 10.4. The summed E-state index contributed by atoms with van der Waals surface area (Å²) < 4.78 is 13.3. The van der Waals surface area contributed by atoms with Gasteiger partial charge >= 0.3 is 0 Å². The molecule has 116 valence electrons. The highest BCUT2D eigenvalue weighted by molar-refractivity contribution is 6.05. The lowest BCUT2D eigenvalue weighted by molar-refractivity contribution is 0.0647. The Bertz CT molecular complexity index is 783. The van der Waals surface area contributed by atoms with E-state index in [1.54, 1.807) is 7.05 Å². The number of H-pyrrole nitrogens is 1. The number of carbonyl (C=O) groups is 1. The largest absolute Gasteiger partial charge is 0.391 e. The first-order valence-corrected chi connectivity index (χ1v) is 7.22. The topological polar surface area (TPSA) is 73.4 Å². The highest BCUT2D eigenvalue weighted by Crippen LogP contribution is 2.32. The summed E-state index contributed by atoms with van der Waals surface area (Å²) in [6.45, 7) is 0.221. The van der Waals surface area contributed by atoms with Gasteiger partial charge < -0.3 is 15.0 Å². The molecule has 3 rings (SSSR count). The van der Waals surface area contributed by atoms with Crippen LogP contribution in [0.5, 0.6) is 0 Å². The molecule has 1 fully saturated rings. The molecule has 0 bridgehead atoms. The third kappa shape index (κ3) is 2.87. The zero-order valence-electron chi connectivity index (χ0n) is 12.2. The van der Waals surface area contributed by atoms with Crippen molar-refractivity contribution in [1.29, 1.82) is 0 Å². The summed E-state index contributed by atoms with van der Waals surface area (Å²) >= 11 is 0. The smallest absolute Gasteiger partial charge is 0.254 e. The van der Waals surface area contributed by atoms with Crippen LogP contribution in [0.4, 0.5) is 4.39 Å². The molecule has 1 heterocycles. The van der Waals surface area contributed by atoms with Gasteiger partial charge in [0.1, 0.15) is 5.82 Å². The van der Waals surface area contributed by atoms with Crippen LogP contribution in [0.2, 0.25) is 0 Å². The van der Waals surface area contributed by atoms with Crippen molar-refractivity contribution < 1.29 is 14.3 Å². The van der Waals surface area contributed by atoms with Gasteiger partial charge in [0.25, 0.3) is 5.91 Å². The van der Waals surface area contributed by atoms with E-state index in [4.69, 9.17) is 0 Å².